The molecule has 1 aliphatic rings. The minimum atomic E-state index is -3.76. The maximum absolute atomic E-state index is 14.4. The molecular formula is C46H42N4O6S2. The maximum atomic E-state index is 14.4. The van der Waals surface area contributed by atoms with Gasteiger partial charge in [-0.05, 0) is 78.9 Å². The van der Waals surface area contributed by atoms with Gasteiger partial charge >= 0.3 is 0 Å². The molecule has 294 valence electrons. The Hall–Kier alpha value is -6.24. The molecule has 0 radical (unpaired) electrons. The fraction of sp³-hybridized carbons (Fsp3) is 0.174. The zero-order valence-electron chi connectivity index (χ0n) is 32.3. The molecule has 1 atom stereocenters. The van der Waals surface area contributed by atoms with Crippen LogP contribution in [-0.2, 0) is 31.6 Å². The van der Waals surface area contributed by atoms with Crippen molar-refractivity contribution >= 4 is 44.5 Å². The van der Waals surface area contributed by atoms with E-state index >= 15 is 0 Å². The van der Waals surface area contributed by atoms with E-state index < -0.39 is 20.8 Å². The van der Waals surface area contributed by atoms with Crippen molar-refractivity contribution in [2.75, 3.05) is 24.6 Å². The number of benzene rings is 5. The summed E-state index contributed by atoms with van der Waals surface area (Å²) >= 11 is 1.06. The largest absolute Gasteiger partial charge is 0.490 e. The van der Waals surface area contributed by atoms with E-state index in [2.05, 4.69) is 10.1 Å². The summed E-state index contributed by atoms with van der Waals surface area (Å²) in [7, 11) is -2.29. The lowest BCUT2D eigenvalue weighted by atomic mass is 9.75. The van der Waals surface area contributed by atoms with Crippen LogP contribution in [0.5, 0.6) is 5.75 Å². The smallest absolute Gasteiger partial charge is 0.290 e. The van der Waals surface area contributed by atoms with E-state index in [-0.39, 0.29) is 35.1 Å². The van der Waals surface area contributed by atoms with Gasteiger partial charge in [-0.1, -0.05) is 138 Å². The minimum Gasteiger partial charge on any atom is -0.490 e. The number of rotatable bonds is 15. The number of aromatic nitrogens is 1. The maximum Gasteiger partial charge on any atom is 0.290 e. The summed E-state index contributed by atoms with van der Waals surface area (Å²) in [5.41, 5.74) is 4.42. The Morgan fingerprint density at radius 1 is 0.776 bits per heavy atom. The summed E-state index contributed by atoms with van der Waals surface area (Å²) in [6.45, 7) is 4.08. The molecule has 0 N–H and O–H groups in total. The molecule has 1 aliphatic heterocycles. The second-order valence-electron chi connectivity index (χ2n) is 13.8. The highest BCUT2D eigenvalue weighted by molar-refractivity contribution is 8.15. The standard InChI is InChI=1S/C46H42N4O6S2/c1-33-19-26-41(27-20-33)58(53,54)49(3)43-28-23-36(32-47-43)34(2)48-56-30-29-55-40-24-21-35(22-25-40)31-42-44(51)50(45(52)57-42)46(37-13-7-4-8-14-37,38-15-9-5-10-16-38)39-17-11-6-12-18-39/h4-28,32,42H,29-31H2,1-3H3/b48-34-. The van der Waals surface area contributed by atoms with Gasteiger partial charge in [0.25, 0.3) is 15.3 Å². The molecule has 1 fully saturated rings. The molecule has 58 heavy (non-hydrogen) atoms. The number of anilines is 1. The number of pyridine rings is 1. The van der Waals surface area contributed by atoms with Crippen molar-refractivity contribution in [3.8, 4) is 5.75 Å². The third-order valence-corrected chi connectivity index (χ3v) is 12.8. The summed E-state index contributed by atoms with van der Waals surface area (Å²) in [5.74, 6) is 0.652. The number of thioether (sulfide) groups is 1. The summed E-state index contributed by atoms with van der Waals surface area (Å²) in [6, 6.07) is 46.7. The first kappa shape index (κ1) is 40.0. The topological polar surface area (TPSA) is 118 Å². The van der Waals surface area contributed by atoms with E-state index in [1.54, 1.807) is 49.5 Å². The molecule has 0 saturated carbocycles. The molecular weight excluding hydrogens is 769 g/mol. The summed E-state index contributed by atoms with van der Waals surface area (Å²) in [4.78, 5) is 39.9. The molecule has 0 spiro atoms. The van der Waals surface area contributed by atoms with Gasteiger partial charge in [0.05, 0.1) is 15.9 Å². The number of hydrogen-bond donors (Lipinski definition) is 0. The Bertz CT molecular complexity index is 2390. The van der Waals surface area contributed by atoms with Gasteiger partial charge in [0.2, 0.25) is 5.91 Å². The van der Waals surface area contributed by atoms with Gasteiger partial charge in [-0.25, -0.2) is 13.4 Å². The molecule has 1 saturated heterocycles. The number of oxime groups is 1. The van der Waals surface area contributed by atoms with Gasteiger partial charge in [0.1, 0.15) is 23.7 Å². The van der Waals surface area contributed by atoms with Crippen molar-refractivity contribution in [2.45, 2.75) is 36.0 Å². The van der Waals surface area contributed by atoms with Crippen LogP contribution in [-0.4, -0.2) is 60.7 Å². The van der Waals surface area contributed by atoms with Crippen LogP contribution in [0.25, 0.3) is 0 Å². The molecule has 10 nitrogen and oxygen atoms in total. The third kappa shape index (κ3) is 8.25. The first-order valence-electron chi connectivity index (χ1n) is 18.7. The lowest BCUT2D eigenvalue weighted by Gasteiger charge is -2.42. The van der Waals surface area contributed by atoms with Gasteiger partial charge in [-0.3, -0.25) is 18.8 Å². The number of nitrogens with zero attached hydrogens (tertiary/aromatic N) is 4. The van der Waals surface area contributed by atoms with Crippen molar-refractivity contribution in [1.29, 1.82) is 0 Å². The van der Waals surface area contributed by atoms with Crippen LogP contribution in [0.3, 0.4) is 0 Å². The van der Waals surface area contributed by atoms with Crippen LogP contribution in [0.1, 0.15) is 40.3 Å². The monoisotopic (exact) mass is 810 g/mol. The second-order valence-corrected chi connectivity index (χ2v) is 16.9. The zero-order chi connectivity index (χ0) is 40.7. The average molecular weight is 811 g/mol. The van der Waals surface area contributed by atoms with E-state index in [4.69, 9.17) is 9.57 Å². The highest BCUT2D eigenvalue weighted by Gasteiger charge is 2.54. The number of hydrogen-bond acceptors (Lipinski definition) is 9. The predicted octanol–water partition coefficient (Wildman–Crippen LogP) is 8.63. The molecule has 7 rings (SSSR count). The number of carbonyl (C=O) groups is 2. The number of aryl methyl sites for hydroxylation is 1. The predicted molar refractivity (Wildman–Crippen MR) is 228 cm³/mol. The fourth-order valence-electron chi connectivity index (χ4n) is 6.92. The molecule has 5 aromatic carbocycles. The van der Waals surface area contributed by atoms with Gasteiger partial charge in [0, 0.05) is 18.8 Å². The highest BCUT2D eigenvalue weighted by Crippen LogP contribution is 2.48. The third-order valence-electron chi connectivity index (χ3n) is 9.99. The van der Waals surface area contributed by atoms with E-state index in [9.17, 15) is 18.0 Å². The number of carbonyl (C=O) groups excluding carboxylic acids is 2. The number of imide groups is 1. The van der Waals surface area contributed by atoms with E-state index in [0.717, 1.165) is 43.9 Å². The van der Waals surface area contributed by atoms with Crippen molar-refractivity contribution in [3.05, 3.63) is 191 Å². The van der Waals surface area contributed by atoms with Crippen molar-refractivity contribution in [2.24, 2.45) is 5.16 Å². The average Bonchev–Trinajstić information content (AvgIpc) is 3.54. The van der Waals surface area contributed by atoms with Gasteiger partial charge in [-0.2, -0.15) is 0 Å². The molecule has 1 unspecified atom stereocenters. The molecule has 2 heterocycles. The van der Waals surface area contributed by atoms with Crippen LogP contribution in [0.15, 0.2) is 168 Å². The molecule has 2 amide bonds. The van der Waals surface area contributed by atoms with Gasteiger partial charge < -0.3 is 9.57 Å². The summed E-state index contributed by atoms with van der Waals surface area (Å²) < 4.78 is 33.1. The van der Waals surface area contributed by atoms with Gasteiger partial charge in [0.15, 0.2) is 6.61 Å². The SMILES string of the molecule is C/C(=N/OCCOc1ccc(CC2SC(=O)N(C(c3ccccc3)(c3ccccc3)c3ccccc3)C2=O)cc1)c1ccc(N(C)S(=O)(=O)c2ccc(C)cc2)nc1. The van der Waals surface area contributed by atoms with Crippen LogP contribution >= 0.6 is 11.8 Å². The Labute approximate surface area is 343 Å². The van der Waals surface area contributed by atoms with Crippen molar-refractivity contribution < 1.29 is 27.6 Å². The van der Waals surface area contributed by atoms with Crippen LogP contribution < -0.4 is 9.04 Å². The Morgan fingerprint density at radius 2 is 1.34 bits per heavy atom. The lowest BCUT2D eigenvalue weighted by molar-refractivity contribution is -0.129. The van der Waals surface area contributed by atoms with Gasteiger partial charge in [-0.15, -0.1) is 0 Å². The number of sulfonamides is 1. The Kier molecular flexibility index (Phi) is 12.1. The van der Waals surface area contributed by atoms with Crippen molar-refractivity contribution in [1.82, 2.24) is 9.88 Å². The number of ether oxygens (including phenoxy) is 1. The van der Waals surface area contributed by atoms with Crippen LogP contribution in [0, 0.1) is 6.92 Å². The van der Waals surface area contributed by atoms with E-state index in [1.807, 2.05) is 122 Å². The van der Waals surface area contributed by atoms with E-state index in [0.29, 0.717) is 23.4 Å². The summed E-state index contributed by atoms with van der Waals surface area (Å²) in [5, 5.41) is 3.26. The first-order chi connectivity index (χ1) is 28.1. The first-order valence-corrected chi connectivity index (χ1v) is 21.0. The number of amides is 2. The molecule has 6 aromatic rings. The quantitative estimate of drug-likeness (QED) is 0.0438. The zero-order valence-corrected chi connectivity index (χ0v) is 33.9. The normalized spacial score (nSPS) is 14.7. The Balaban J connectivity index is 0.956. The molecule has 0 aliphatic carbocycles. The molecule has 12 heteroatoms. The van der Waals surface area contributed by atoms with Crippen molar-refractivity contribution in [3.63, 3.8) is 0 Å². The van der Waals surface area contributed by atoms with Crippen LogP contribution in [0.4, 0.5) is 10.6 Å². The fourth-order valence-corrected chi connectivity index (χ4v) is 9.13. The van der Waals surface area contributed by atoms with Crippen LogP contribution in [0.2, 0.25) is 0 Å². The Morgan fingerprint density at radius 3 is 1.88 bits per heavy atom. The lowest BCUT2D eigenvalue weighted by Crippen LogP contribution is -2.51. The summed E-state index contributed by atoms with van der Waals surface area (Å²) in [6.07, 6.45) is 1.92. The molecule has 0 bridgehead atoms. The molecule has 1 aromatic heterocycles. The second kappa shape index (κ2) is 17.5. The van der Waals surface area contributed by atoms with E-state index in [1.165, 1.54) is 11.9 Å². The minimum absolute atomic E-state index is 0.180. The highest BCUT2D eigenvalue weighted by atomic mass is 32.2.